The van der Waals surface area contributed by atoms with Crippen LogP contribution < -0.4 is 0 Å². The molecule has 3 heteroatoms. The van der Waals surface area contributed by atoms with Crippen LogP contribution in [0.5, 0.6) is 0 Å². The Morgan fingerprint density at radius 1 is 1.71 bits per heavy atom. The molecule has 0 heterocycles. The Kier molecular flexibility index (Phi) is 2.92. The second-order valence-corrected chi connectivity index (χ2v) is 1.05. The normalized spacial score (nSPS) is 9.43. The lowest BCUT2D eigenvalue weighted by Crippen LogP contribution is -2.05. The van der Waals surface area contributed by atoms with Crippen LogP contribution in [0.1, 0.15) is 6.92 Å². The van der Waals surface area contributed by atoms with E-state index in [0.29, 0.717) is 6.41 Å². The third-order valence-corrected chi connectivity index (χ3v) is 0.450. The number of hydrazone groups is 1. The highest BCUT2D eigenvalue weighted by Crippen LogP contribution is 1.69. The maximum absolute atomic E-state index is 9.71. The number of rotatable bonds is 2. The van der Waals surface area contributed by atoms with Gasteiger partial charge in [-0.3, -0.25) is 4.79 Å². The first-order chi connectivity index (χ1) is 3.31. The summed E-state index contributed by atoms with van der Waals surface area (Å²) in [6.45, 7) is 1.75. The summed E-state index contributed by atoms with van der Waals surface area (Å²) >= 11 is 0. The van der Waals surface area contributed by atoms with E-state index < -0.39 is 0 Å². The van der Waals surface area contributed by atoms with Gasteiger partial charge >= 0.3 is 0 Å². The first kappa shape index (κ1) is 6.14. The highest BCUT2D eigenvalue weighted by atomic mass is 16.1. The number of hydrogen-bond acceptors (Lipinski definition) is 2. The van der Waals surface area contributed by atoms with E-state index in [0.717, 1.165) is 0 Å². The van der Waals surface area contributed by atoms with Crippen molar-refractivity contribution in [3.05, 3.63) is 0 Å². The molecule has 40 valence electrons. The van der Waals surface area contributed by atoms with E-state index in [9.17, 15) is 4.79 Å². The van der Waals surface area contributed by atoms with Crippen LogP contribution in [0.2, 0.25) is 0 Å². The molecule has 0 atom stereocenters. The van der Waals surface area contributed by atoms with Gasteiger partial charge in [-0.05, 0) is 6.92 Å². The van der Waals surface area contributed by atoms with E-state index in [1.165, 1.54) is 5.01 Å². The smallest absolute Gasteiger partial charge is 0.229 e. The molecule has 0 fully saturated rings. The highest BCUT2D eigenvalue weighted by molar-refractivity contribution is 5.56. The summed E-state index contributed by atoms with van der Waals surface area (Å²) in [6, 6.07) is 0. The number of nitrogens with zero attached hydrogens (tertiary/aromatic N) is 2. The van der Waals surface area contributed by atoms with E-state index in [4.69, 9.17) is 0 Å². The van der Waals surface area contributed by atoms with E-state index >= 15 is 0 Å². The minimum atomic E-state index is 0.639. The molecule has 7 heavy (non-hydrogen) atoms. The van der Waals surface area contributed by atoms with Gasteiger partial charge in [-0.2, -0.15) is 5.10 Å². The average molecular weight is 100 g/mol. The van der Waals surface area contributed by atoms with Crippen LogP contribution in [0.15, 0.2) is 5.10 Å². The molecule has 0 N–H and O–H groups in total. The molecular formula is C4H8N2O. The van der Waals surface area contributed by atoms with Crippen molar-refractivity contribution in [1.82, 2.24) is 5.01 Å². The van der Waals surface area contributed by atoms with E-state index in [-0.39, 0.29) is 0 Å². The summed E-state index contributed by atoms with van der Waals surface area (Å²) in [5.41, 5.74) is 0. The predicted molar refractivity (Wildman–Crippen MR) is 28.0 cm³/mol. The number of carbonyl (C=O) groups excluding carboxylic acids is 1. The second kappa shape index (κ2) is 3.33. The lowest BCUT2D eigenvalue weighted by molar-refractivity contribution is -0.116. The maximum atomic E-state index is 9.71. The van der Waals surface area contributed by atoms with Crippen molar-refractivity contribution >= 4 is 12.6 Å². The Morgan fingerprint density at radius 3 is 2.43 bits per heavy atom. The Morgan fingerprint density at radius 2 is 2.29 bits per heavy atom. The zero-order valence-electron chi connectivity index (χ0n) is 4.46. The zero-order chi connectivity index (χ0) is 5.70. The average Bonchev–Trinajstić information content (AvgIpc) is 1.68. The molecule has 0 rings (SSSR count). The summed E-state index contributed by atoms with van der Waals surface area (Å²) in [7, 11) is 1.58. The first-order valence-electron chi connectivity index (χ1n) is 1.98. The molecule has 0 aromatic heterocycles. The Balaban J connectivity index is 3.35. The van der Waals surface area contributed by atoms with Gasteiger partial charge in [0.2, 0.25) is 6.41 Å². The quantitative estimate of drug-likeness (QED) is 0.275. The van der Waals surface area contributed by atoms with Crippen LogP contribution >= 0.6 is 0 Å². The third-order valence-electron chi connectivity index (χ3n) is 0.450. The summed E-state index contributed by atoms with van der Waals surface area (Å²) < 4.78 is 0. The van der Waals surface area contributed by atoms with Crippen molar-refractivity contribution in [3.63, 3.8) is 0 Å². The molecular weight excluding hydrogens is 92.1 g/mol. The predicted octanol–water partition coefficient (Wildman–Crippen LogP) is 0.0803. The SMILES string of the molecule is CC=NN(C)C=O. The molecule has 0 radical (unpaired) electrons. The van der Waals surface area contributed by atoms with Gasteiger partial charge in [-0.15, -0.1) is 0 Å². The molecule has 0 unspecified atom stereocenters. The van der Waals surface area contributed by atoms with E-state index in [1.807, 2.05) is 0 Å². The van der Waals surface area contributed by atoms with Crippen molar-refractivity contribution in [2.24, 2.45) is 5.10 Å². The van der Waals surface area contributed by atoms with Crippen LogP contribution in [-0.4, -0.2) is 24.7 Å². The van der Waals surface area contributed by atoms with Gasteiger partial charge in [-0.1, -0.05) is 0 Å². The Hall–Kier alpha value is -0.860. The minimum absolute atomic E-state index is 0.639. The Labute approximate surface area is 42.6 Å². The highest BCUT2D eigenvalue weighted by Gasteiger charge is 1.77. The number of amides is 1. The van der Waals surface area contributed by atoms with Gasteiger partial charge in [0, 0.05) is 13.3 Å². The Bertz CT molecular complexity index is 79.8. The fraction of sp³-hybridized carbons (Fsp3) is 0.500. The van der Waals surface area contributed by atoms with Gasteiger partial charge < -0.3 is 0 Å². The molecule has 0 aromatic rings. The summed E-state index contributed by atoms with van der Waals surface area (Å²) in [6.07, 6.45) is 2.19. The third kappa shape index (κ3) is 2.96. The van der Waals surface area contributed by atoms with Gasteiger partial charge in [-0.25, -0.2) is 5.01 Å². The number of carbonyl (C=O) groups is 1. The first-order valence-corrected chi connectivity index (χ1v) is 1.98. The lowest BCUT2D eigenvalue weighted by Gasteiger charge is -1.96. The van der Waals surface area contributed by atoms with Crippen LogP contribution in [0.4, 0.5) is 0 Å². The van der Waals surface area contributed by atoms with Gasteiger partial charge in [0.05, 0.1) is 0 Å². The molecule has 0 saturated heterocycles. The van der Waals surface area contributed by atoms with Gasteiger partial charge in [0.15, 0.2) is 0 Å². The molecule has 1 amide bonds. The summed E-state index contributed by atoms with van der Waals surface area (Å²) in [4.78, 5) is 9.71. The van der Waals surface area contributed by atoms with Crippen LogP contribution in [-0.2, 0) is 4.79 Å². The number of hydrogen-bond donors (Lipinski definition) is 0. The molecule has 0 saturated carbocycles. The maximum Gasteiger partial charge on any atom is 0.229 e. The molecule has 0 aromatic carbocycles. The van der Waals surface area contributed by atoms with Crippen LogP contribution in [0, 0.1) is 0 Å². The fourth-order valence-corrected chi connectivity index (χ4v) is 0.209. The molecule has 0 aliphatic heterocycles. The van der Waals surface area contributed by atoms with E-state index in [2.05, 4.69) is 5.10 Å². The zero-order valence-corrected chi connectivity index (χ0v) is 4.46. The second-order valence-electron chi connectivity index (χ2n) is 1.05. The van der Waals surface area contributed by atoms with Crippen molar-refractivity contribution in [3.8, 4) is 0 Å². The molecule has 0 aliphatic rings. The van der Waals surface area contributed by atoms with E-state index in [1.54, 1.807) is 20.2 Å². The largest absolute Gasteiger partial charge is 0.277 e. The topological polar surface area (TPSA) is 32.7 Å². The van der Waals surface area contributed by atoms with Crippen LogP contribution in [0.25, 0.3) is 0 Å². The van der Waals surface area contributed by atoms with Gasteiger partial charge in [0.25, 0.3) is 0 Å². The molecule has 3 nitrogen and oxygen atoms in total. The van der Waals surface area contributed by atoms with Crippen molar-refractivity contribution < 1.29 is 4.79 Å². The molecule has 0 bridgehead atoms. The minimum Gasteiger partial charge on any atom is -0.277 e. The fourth-order valence-electron chi connectivity index (χ4n) is 0.209. The monoisotopic (exact) mass is 100 g/mol. The lowest BCUT2D eigenvalue weighted by atomic mass is 10.9. The van der Waals surface area contributed by atoms with Crippen molar-refractivity contribution in [1.29, 1.82) is 0 Å². The van der Waals surface area contributed by atoms with Gasteiger partial charge in [0.1, 0.15) is 0 Å². The molecule has 0 aliphatic carbocycles. The van der Waals surface area contributed by atoms with Crippen LogP contribution in [0.3, 0.4) is 0 Å². The standard InChI is InChI=1S/C4H8N2O/c1-3-5-6(2)4-7/h3-4H,1-2H3. The molecule has 0 spiro atoms. The van der Waals surface area contributed by atoms with Crippen molar-refractivity contribution in [2.45, 2.75) is 6.92 Å². The summed E-state index contributed by atoms with van der Waals surface area (Å²) in [5.74, 6) is 0. The summed E-state index contributed by atoms with van der Waals surface area (Å²) in [5, 5.41) is 4.78. The van der Waals surface area contributed by atoms with Crippen molar-refractivity contribution in [2.75, 3.05) is 7.05 Å².